The molecule has 2 aromatic rings. The first-order chi connectivity index (χ1) is 18.3. The highest BCUT2D eigenvalue weighted by Crippen LogP contribution is 2.35. The Hall–Kier alpha value is -3.47. The molecule has 1 saturated carbocycles. The first kappa shape index (κ1) is 26.1. The highest BCUT2D eigenvalue weighted by Gasteiger charge is 2.33. The van der Waals surface area contributed by atoms with Gasteiger partial charge in [-0.25, -0.2) is 4.79 Å². The minimum atomic E-state index is -0.694. The van der Waals surface area contributed by atoms with E-state index in [4.69, 9.17) is 5.73 Å². The molecule has 2 aliphatic heterocycles. The molecule has 11 nitrogen and oxygen atoms in total. The lowest BCUT2D eigenvalue weighted by Gasteiger charge is -2.39. The van der Waals surface area contributed by atoms with E-state index in [1.807, 2.05) is 24.0 Å². The summed E-state index contributed by atoms with van der Waals surface area (Å²) in [7, 11) is 3.44. The van der Waals surface area contributed by atoms with Gasteiger partial charge in [0.1, 0.15) is 0 Å². The maximum absolute atomic E-state index is 12.2. The van der Waals surface area contributed by atoms with Gasteiger partial charge < -0.3 is 31.1 Å². The van der Waals surface area contributed by atoms with Crippen LogP contribution in [0.2, 0.25) is 0 Å². The standard InChI is InChI=1S/C27H39N9O2/c1-17-22(30-27(38)34(2)3)5-4-14-36(17)26-31-25(23(24(28)37)32-33-26)29-20-8-6-18(7-9-20)19-12-15-35(16-13-19)21-10-11-21/h6-9,17,19,21-22H,4-5,10-16H2,1-3H3,(H2,28,37)(H,30,38)(H,29,31,33)/t17-,22-/m1/s1. The second-order valence-corrected chi connectivity index (χ2v) is 11.0. The molecular weight excluding hydrogens is 482 g/mol. The van der Waals surface area contributed by atoms with E-state index < -0.39 is 5.91 Å². The van der Waals surface area contributed by atoms with Gasteiger partial charge >= 0.3 is 6.03 Å². The Balaban J connectivity index is 1.29. The molecule has 3 amide bonds. The van der Waals surface area contributed by atoms with Gasteiger partial charge in [-0.2, -0.15) is 4.98 Å². The van der Waals surface area contributed by atoms with Crippen molar-refractivity contribution in [2.24, 2.45) is 5.73 Å². The van der Waals surface area contributed by atoms with Crippen LogP contribution in [0.1, 0.15) is 67.4 Å². The summed E-state index contributed by atoms with van der Waals surface area (Å²) in [6, 6.07) is 8.95. The number of amides is 3. The molecule has 0 unspecified atom stereocenters. The van der Waals surface area contributed by atoms with E-state index in [-0.39, 0.29) is 29.6 Å². The summed E-state index contributed by atoms with van der Waals surface area (Å²) in [5, 5.41) is 14.7. The molecule has 0 spiro atoms. The van der Waals surface area contributed by atoms with Gasteiger partial charge in [0.25, 0.3) is 5.91 Å². The van der Waals surface area contributed by atoms with Crippen molar-refractivity contribution in [1.29, 1.82) is 0 Å². The number of carbonyl (C=O) groups is 2. The van der Waals surface area contributed by atoms with E-state index in [1.165, 1.54) is 49.2 Å². The number of nitrogens with zero attached hydrogens (tertiary/aromatic N) is 6. The Morgan fingerprint density at radius 2 is 1.71 bits per heavy atom. The number of urea groups is 1. The summed E-state index contributed by atoms with van der Waals surface area (Å²) in [5.41, 5.74) is 7.74. The van der Waals surface area contributed by atoms with E-state index in [0.717, 1.165) is 31.1 Å². The number of rotatable bonds is 7. The van der Waals surface area contributed by atoms with Gasteiger partial charge in [0, 0.05) is 38.4 Å². The number of hydrogen-bond acceptors (Lipinski definition) is 8. The number of benzene rings is 1. The van der Waals surface area contributed by atoms with Crippen LogP contribution >= 0.6 is 0 Å². The van der Waals surface area contributed by atoms with Crippen LogP contribution in [0.5, 0.6) is 0 Å². The third-order valence-corrected chi connectivity index (χ3v) is 8.11. The fraction of sp³-hybridized carbons (Fsp3) is 0.593. The van der Waals surface area contributed by atoms with Crippen LogP contribution in [0, 0.1) is 0 Å². The summed E-state index contributed by atoms with van der Waals surface area (Å²) in [5.74, 6) is 0.558. The van der Waals surface area contributed by atoms with Crippen molar-refractivity contribution in [2.75, 3.05) is 43.9 Å². The molecule has 0 radical (unpaired) electrons. The average molecular weight is 522 g/mol. The Morgan fingerprint density at radius 3 is 2.34 bits per heavy atom. The molecule has 1 aromatic carbocycles. The SMILES string of the molecule is C[C@@H]1[C@H](NC(=O)N(C)C)CCCN1c1nnc(C(N)=O)c(Nc2ccc(C3CCN(C4CC4)CC3)cc2)n1. The summed E-state index contributed by atoms with van der Waals surface area (Å²) in [4.78, 5) is 35.2. The van der Waals surface area contributed by atoms with Gasteiger partial charge in [-0.05, 0) is 82.2 Å². The van der Waals surface area contributed by atoms with Gasteiger partial charge in [0.15, 0.2) is 11.5 Å². The number of primary amides is 1. The van der Waals surface area contributed by atoms with Gasteiger partial charge in [0.05, 0.1) is 6.04 Å². The summed E-state index contributed by atoms with van der Waals surface area (Å²) >= 11 is 0. The zero-order chi connectivity index (χ0) is 26.8. The molecule has 3 fully saturated rings. The predicted molar refractivity (Wildman–Crippen MR) is 147 cm³/mol. The van der Waals surface area contributed by atoms with Gasteiger partial charge in [-0.3, -0.25) is 4.79 Å². The molecule has 2 saturated heterocycles. The Morgan fingerprint density at radius 1 is 1.00 bits per heavy atom. The second-order valence-electron chi connectivity index (χ2n) is 11.0. The molecule has 2 atom stereocenters. The molecule has 5 rings (SSSR count). The van der Waals surface area contributed by atoms with E-state index in [2.05, 4.69) is 42.8 Å². The van der Waals surface area contributed by atoms with Gasteiger partial charge in [-0.1, -0.05) is 12.1 Å². The summed E-state index contributed by atoms with van der Waals surface area (Å²) in [6.45, 7) is 5.12. The average Bonchev–Trinajstić information content (AvgIpc) is 3.76. The first-order valence-corrected chi connectivity index (χ1v) is 13.7. The monoisotopic (exact) mass is 521 g/mol. The largest absolute Gasteiger partial charge is 0.364 e. The number of hydrogen-bond donors (Lipinski definition) is 3. The fourth-order valence-corrected chi connectivity index (χ4v) is 5.61. The number of nitrogens with one attached hydrogen (secondary N) is 2. The molecule has 11 heteroatoms. The molecule has 38 heavy (non-hydrogen) atoms. The minimum absolute atomic E-state index is 0.00704. The van der Waals surface area contributed by atoms with Gasteiger partial charge in [-0.15, -0.1) is 10.2 Å². The van der Waals surface area contributed by atoms with Crippen molar-refractivity contribution in [1.82, 2.24) is 30.3 Å². The molecule has 0 bridgehead atoms. The highest BCUT2D eigenvalue weighted by molar-refractivity contribution is 5.96. The van der Waals surface area contributed by atoms with Crippen LogP contribution in [0.3, 0.4) is 0 Å². The number of aromatic nitrogens is 3. The molecular formula is C27H39N9O2. The topological polar surface area (TPSA) is 133 Å². The van der Waals surface area contributed by atoms with Gasteiger partial charge in [0.2, 0.25) is 5.95 Å². The van der Waals surface area contributed by atoms with E-state index in [1.54, 1.807) is 14.1 Å². The second kappa shape index (κ2) is 11.1. The third-order valence-electron chi connectivity index (χ3n) is 8.11. The lowest BCUT2D eigenvalue weighted by molar-refractivity contribution is 0.0995. The molecule has 1 aromatic heterocycles. The van der Waals surface area contributed by atoms with Crippen LogP contribution in [0.25, 0.3) is 0 Å². The number of anilines is 3. The molecule has 204 valence electrons. The van der Waals surface area contributed by atoms with Crippen LogP contribution in [0.4, 0.5) is 22.2 Å². The van der Waals surface area contributed by atoms with Crippen molar-refractivity contribution in [3.8, 4) is 0 Å². The van der Waals surface area contributed by atoms with E-state index >= 15 is 0 Å². The summed E-state index contributed by atoms with van der Waals surface area (Å²) in [6.07, 6.45) is 6.84. The van der Waals surface area contributed by atoms with Crippen LogP contribution in [-0.2, 0) is 0 Å². The minimum Gasteiger partial charge on any atom is -0.364 e. The van der Waals surface area contributed by atoms with E-state index in [9.17, 15) is 9.59 Å². The predicted octanol–water partition coefficient (Wildman–Crippen LogP) is 2.68. The number of piperidine rings is 2. The number of carbonyl (C=O) groups excluding carboxylic acids is 2. The molecule has 4 N–H and O–H groups in total. The van der Waals surface area contributed by atoms with Crippen LogP contribution in [0.15, 0.2) is 24.3 Å². The molecule has 3 aliphatic rings. The molecule has 3 heterocycles. The van der Waals surface area contributed by atoms with Crippen LogP contribution < -0.4 is 21.3 Å². The van der Waals surface area contributed by atoms with Crippen molar-refractivity contribution in [3.63, 3.8) is 0 Å². The lowest BCUT2D eigenvalue weighted by atomic mass is 9.89. The van der Waals surface area contributed by atoms with Crippen molar-refractivity contribution in [3.05, 3.63) is 35.5 Å². The Bertz CT molecular complexity index is 1140. The molecule has 1 aliphatic carbocycles. The van der Waals surface area contributed by atoms with E-state index in [0.29, 0.717) is 11.9 Å². The van der Waals surface area contributed by atoms with Crippen molar-refractivity contribution >= 4 is 29.4 Å². The highest BCUT2D eigenvalue weighted by atomic mass is 16.2. The smallest absolute Gasteiger partial charge is 0.317 e. The zero-order valence-corrected chi connectivity index (χ0v) is 22.6. The Kier molecular flexibility index (Phi) is 7.64. The maximum atomic E-state index is 12.2. The first-order valence-electron chi connectivity index (χ1n) is 13.7. The van der Waals surface area contributed by atoms with Crippen molar-refractivity contribution < 1.29 is 9.59 Å². The number of likely N-dealkylation sites (tertiary alicyclic amines) is 1. The normalized spacial score (nSPS) is 22.7. The summed E-state index contributed by atoms with van der Waals surface area (Å²) < 4.78 is 0. The lowest BCUT2D eigenvalue weighted by Crippen LogP contribution is -2.56. The Labute approximate surface area is 224 Å². The fourth-order valence-electron chi connectivity index (χ4n) is 5.61. The maximum Gasteiger partial charge on any atom is 0.317 e. The zero-order valence-electron chi connectivity index (χ0n) is 22.6. The van der Waals surface area contributed by atoms with Crippen molar-refractivity contribution in [2.45, 2.75) is 69.5 Å². The van der Waals surface area contributed by atoms with Crippen LogP contribution in [-0.4, -0.2) is 88.8 Å². The quantitative estimate of drug-likeness (QED) is 0.507. The third kappa shape index (κ3) is 5.82. The number of nitrogens with two attached hydrogens (primary N) is 1.